The van der Waals surface area contributed by atoms with Gasteiger partial charge in [0.2, 0.25) is 0 Å². The molecule has 1 aromatic rings. The third kappa shape index (κ3) is 2.42. The Morgan fingerprint density at radius 1 is 1.33 bits per heavy atom. The van der Waals surface area contributed by atoms with E-state index in [0.29, 0.717) is 0 Å². The third-order valence-corrected chi connectivity index (χ3v) is 4.61. The molecule has 2 rings (SSSR count). The molecular formula is C11H13BrO2S. The number of hydrogen-bond donors (Lipinski definition) is 0. The second-order valence-electron chi connectivity index (χ2n) is 4.33. The number of benzene rings is 1. The quantitative estimate of drug-likeness (QED) is 0.857. The van der Waals surface area contributed by atoms with Gasteiger partial charge in [-0.3, -0.25) is 0 Å². The Morgan fingerprint density at radius 3 is 2.40 bits per heavy atom. The number of halogens is 1. The molecule has 0 bridgehead atoms. The fourth-order valence-corrected chi connectivity index (χ4v) is 4.19. The summed E-state index contributed by atoms with van der Waals surface area (Å²) in [6.45, 7) is 0. The third-order valence-electron chi connectivity index (χ3n) is 2.84. The van der Waals surface area contributed by atoms with Crippen molar-refractivity contribution in [1.29, 1.82) is 0 Å². The standard InChI is InChI=1S/C11H13BrO2S/c1-15(13,14)8-11(6-7-11)9-4-2-3-5-10(9)12/h2-5H,6-8H2,1H3. The van der Waals surface area contributed by atoms with Crippen molar-refractivity contribution in [2.24, 2.45) is 0 Å². The minimum atomic E-state index is -2.91. The minimum Gasteiger partial charge on any atom is -0.229 e. The van der Waals surface area contributed by atoms with E-state index in [2.05, 4.69) is 15.9 Å². The first-order chi connectivity index (χ1) is 6.93. The molecule has 0 radical (unpaired) electrons. The minimum absolute atomic E-state index is 0.117. The zero-order chi connectivity index (χ0) is 11.1. The van der Waals surface area contributed by atoms with Crippen molar-refractivity contribution >= 4 is 25.8 Å². The summed E-state index contributed by atoms with van der Waals surface area (Å²) in [6.07, 6.45) is 3.26. The molecule has 0 amide bonds. The monoisotopic (exact) mass is 288 g/mol. The van der Waals surface area contributed by atoms with Crippen LogP contribution in [0.25, 0.3) is 0 Å². The van der Waals surface area contributed by atoms with Crippen molar-refractivity contribution in [2.75, 3.05) is 12.0 Å². The summed E-state index contributed by atoms with van der Waals surface area (Å²) in [4.78, 5) is 0. The molecule has 1 saturated carbocycles. The lowest BCUT2D eigenvalue weighted by Crippen LogP contribution is -2.20. The molecular weight excluding hydrogens is 276 g/mol. The second kappa shape index (κ2) is 3.59. The number of hydrogen-bond acceptors (Lipinski definition) is 2. The van der Waals surface area contributed by atoms with Gasteiger partial charge in [-0.25, -0.2) is 8.42 Å². The number of sulfone groups is 1. The van der Waals surface area contributed by atoms with Gasteiger partial charge in [-0.15, -0.1) is 0 Å². The highest BCUT2D eigenvalue weighted by atomic mass is 79.9. The summed E-state index contributed by atoms with van der Waals surface area (Å²) in [5.74, 6) is 0.266. The molecule has 0 atom stereocenters. The van der Waals surface area contributed by atoms with Crippen LogP contribution in [0.1, 0.15) is 18.4 Å². The van der Waals surface area contributed by atoms with Gasteiger partial charge < -0.3 is 0 Å². The highest BCUT2D eigenvalue weighted by Crippen LogP contribution is 2.51. The molecule has 1 aromatic carbocycles. The van der Waals surface area contributed by atoms with Crippen molar-refractivity contribution in [3.63, 3.8) is 0 Å². The molecule has 1 aliphatic carbocycles. The maximum Gasteiger partial charge on any atom is 0.148 e. The van der Waals surface area contributed by atoms with Crippen LogP contribution in [0, 0.1) is 0 Å². The lowest BCUT2D eigenvalue weighted by molar-refractivity contribution is 0.591. The van der Waals surface area contributed by atoms with Crippen LogP contribution in [0.5, 0.6) is 0 Å². The van der Waals surface area contributed by atoms with Crippen molar-refractivity contribution in [3.05, 3.63) is 34.3 Å². The van der Waals surface area contributed by atoms with Crippen LogP contribution in [0.15, 0.2) is 28.7 Å². The van der Waals surface area contributed by atoms with Gasteiger partial charge in [-0.2, -0.15) is 0 Å². The molecule has 0 spiro atoms. The van der Waals surface area contributed by atoms with Crippen LogP contribution in [0.3, 0.4) is 0 Å². The molecule has 0 aromatic heterocycles. The molecule has 0 saturated heterocycles. The zero-order valence-corrected chi connectivity index (χ0v) is 10.9. The molecule has 2 nitrogen and oxygen atoms in total. The maximum absolute atomic E-state index is 11.4. The SMILES string of the molecule is CS(=O)(=O)CC1(c2ccccc2Br)CC1. The highest BCUT2D eigenvalue weighted by Gasteiger charge is 2.47. The van der Waals surface area contributed by atoms with E-state index in [9.17, 15) is 8.42 Å². The fourth-order valence-electron chi connectivity index (χ4n) is 2.04. The number of rotatable bonds is 3. The van der Waals surface area contributed by atoms with Crippen LogP contribution in [-0.4, -0.2) is 20.4 Å². The van der Waals surface area contributed by atoms with Gasteiger partial charge in [0.1, 0.15) is 9.84 Å². The molecule has 15 heavy (non-hydrogen) atoms. The van der Waals surface area contributed by atoms with E-state index in [-0.39, 0.29) is 11.2 Å². The first kappa shape index (κ1) is 11.1. The van der Waals surface area contributed by atoms with Gasteiger partial charge in [0.15, 0.2) is 0 Å². The zero-order valence-electron chi connectivity index (χ0n) is 8.53. The van der Waals surface area contributed by atoms with E-state index in [0.717, 1.165) is 22.9 Å². The maximum atomic E-state index is 11.4. The van der Waals surface area contributed by atoms with Crippen LogP contribution in [0.4, 0.5) is 0 Å². The van der Waals surface area contributed by atoms with E-state index in [1.165, 1.54) is 6.26 Å². The lowest BCUT2D eigenvalue weighted by atomic mass is 9.98. The molecule has 0 heterocycles. The largest absolute Gasteiger partial charge is 0.229 e. The van der Waals surface area contributed by atoms with E-state index in [4.69, 9.17) is 0 Å². The van der Waals surface area contributed by atoms with Crippen LogP contribution >= 0.6 is 15.9 Å². The first-order valence-electron chi connectivity index (χ1n) is 4.86. The van der Waals surface area contributed by atoms with Crippen molar-refractivity contribution in [3.8, 4) is 0 Å². The van der Waals surface area contributed by atoms with E-state index < -0.39 is 9.84 Å². The average Bonchev–Trinajstić information content (AvgIpc) is 2.83. The van der Waals surface area contributed by atoms with E-state index >= 15 is 0 Å². The summed E-state index contributed by atoms with van der Waals surface area (Å²) < 4.78 is 23.7. The van der Waals surface area contributed by atoms with Gasteiger partial charge in [-0.05, 0) is 24.5 Å². The summed E-state index contributed by atoms with van der Waals surface area (Å²) in [6, 6.07) is 7.90. The molecule has 82 valence electrons. The Kier molecular flexibility index (Phi) is 2.67. The Balaban J connectivity index is 2.35. The Bertz CT molecular complexity index is 475. The molecule has 1 aliphatic rings. The topological polar surface area (TPSA) is 34.1 Å². The summed E-state index contributed by atoms with van der Waals surface area (Å²) in [7, 11) is -2.91. The molecule has 4 heteroatoms. The second-order valence-corrected chi connectivity index (χ2v) is 7.32. The fraction of sp³-hybridized carbons (Fsp3) is 0.455. The highest BCUT2D eigenvalue weighted by molar-refractivity contribution is 9.10. The van der Waals surface area contributed by atoms with Crippen LogP contribution in [-0.2, 0) is 15.3 Å². The Hall–Kier alpha value is -0.350. The summed E-state index contributed by atoms with van der Waals surface area (Å²) in [5.41, 5.74) is 1.02. The molecule has 0 aliphatic heterocycles. The van der Waals surface area contributed by atoms with Gasteiger partial charge in [0.05, 0.1) is 5.75 Å². The van der Waals surface area contributed by atoms with Crippen molar-refractivity contribution in [1.82, 2.24) is 0 Å². The van der Waals surface area contributed by atoms with Gasteiger partial charge in [0.25, 0.3) is 0 Å². The average molecular weight is 289 g/mol. The predicted octanol–water partition coefficient (Wildman–Crippen LogP) is 2.53. The van der Waals surface area contributed by atoms with Gasteiger partial charge in [0, 0.05) is 16.1 Å². The van der Waals surface area contributed by atoms with E-state index in [1.54, 1.807) is 0 Å². The smallest absolute Gasteiger partial charge is 0.148 e. The summed E-state index contributed by atoms with van der Waals surface area (Å²) in [5, 5.41) is 0. The van der Waals surface area contributed by atoms with Crippen LogP contribution in [0.2, 0.25) is 0 Å². The van der Waals surface area contributed by atoms with Gasteiger partial charge >= 0.3 is 0 Å². The molecule has 0 N–H and O–H groups in total. The lowest BCUT2D eigenvalue weighted by Gasteiger charge is -2.15. The molecule has 1 fully saturated rings. The van der Waals surface area contributed by atoms with E-state index in [1.807, 2.05) is 24.3 Å². The van der Waals surface area contributed by atoms with Gasteiger partial charge in [-0.1, -0.05) is 34.1 Å². The van der Waals surface area contributed by atoms with Crippen molar-refractivity contribution < 1.29 is 8.42 Å². The molecule has 0 unspecified atom stereocenters. The van der Waals surface area contributed by atoms with Crippen molar-refractivity contribution in [2.45, 2.75) is 18.3 Å². The van der Waals surface area contributed by atoms with Crippen LogP contribution < -0.4 is 0 Å². The normalized spacial score (nSPS) is 18.8. The first-order valence-corrected chi connectivity index (χ1v) is 7.71. The Labute approximate surface area is 98.7 Å². The predicted molar refractivity (Wildman–Crippen MR) is 64.8 cm³/mol. The Morgan fingerprint density at radius 2 is 1.93 bits per heavy atom. The summed E-state index contributed by atoms with van der Waals surface area (Å²) >= 11 is 3.48.